The zero-order valence-corrected chi connectivity index (χ0v) is 17.5. The van der Waals surface area contributed by atoms with Crippen LogP contribution in [0.5, 0.6) is 5.75 Å². The summed E-state index contributed by atoms with van der Waals surface area (Å²) in [6.45, 7) is 2.30. The van der Waals surface area contributed by atoms with Gasteiger partial charge in [0.1, 0.15) is 17.3 Å². The van der Waals surface area contributed by atoms with Crippen molar-refractivity contribution in [2.75, 3.05) is 6.61 Å². The Morgan fingerprint density at radius 3 is 2.55 bits per heavy atom. The number of amides is 1. The number of hydrogen-bond donors (Lipinski definition) is 1. The molecule has 2 aliphatic rings. The molecule has 2 aromatic rings. The number of Topliss-reactive ketones (excluding diaryl/α,β-unsaturated/α-hetero) is 1. The highest BCUT2D eigenvalue weighted by Crippen LogP contribution is 2.43. The van der Waals surface area contributed by atoms with Crippen molar-refractivity contribution in [3.63, 3.8) is 0 Å². The molecule has 1 unspecified atom stereocenters. The van der Waals surface area contributed by atoms with Crippen LogP contribution in [0.3, 0.4) is 0 Å². The van der Waals surface area contributed by atoms with Crippen LogP contribution in [0.2, 0.25) is 0 Å². The summed E-state index contributed by atoms with van der Waals surface area (Å²) in [5, 5.41) is 11.1. The van der Waals surface area contributed by atoms with Crippen LogP contribution in [0.1, 0.15) is 56.2 Å². The number of aliphatic hydroxyl groups excluding tert-OH is 1. The normalized spacial score (nSPS) is 21.5. The molecule has 1 aliphatic carbocycles. The lowest BCUT2D eigenvalue weighted by molar-refractivity contribution is -0.141. The Hall–Kier alpha value is -3.15. The number of ketones is 1. The number of nitrogens with zero attached hydrogens (tertiary/aromatic N) is 1. The van der Waals surface area contributed by atoms with Crippen molar-refractivity contribution < 1.29 is 23.8 Å². The van der Waals surface area contributed by atoms with Crippen LogP contribution >= 0.6 is 0 Å². The molecule has 162 valence electrons. The van der Waals surface area contributed by atoms with E-state index < -0.39 is 23.5 Å². The lowest BCUT2D eigenvalue weighted by Crippen LogP contribution is -2.40. The maximum Gasteiger partial charge on any atom is 0.295 e. The van der Waals surface area contributed by atoms with Crippen molar-refractivity contribution in [2.24, 2.45) is 0 Å². The zero-order valence-electron chi connectivity index (χ0n) is 17.5. The van der Waals surface area contributed by atoms with E-state index in [0.29, 0.717) is 17.9 Å². The van der Waals surface area contributed by atoms with E-state index in [1.165, 1.54) is 11.0 Å². The monoisotopic (exact) mass is 423 g/mol. The number of carbonyl (C=O) groups is 2. The van der Waals surface area contributed by atoms with Crippen molar-refractivity contribution in [1.29, 1.82) is 0 Å². The molecule has 0 spiro atoms. The van der Waals surface area contributed by atoms with E-state index in [4.69, 9.17) is 4.74 Å². The summed E-state index contributed by atoms with van der Waals surface area (Å²) >= 11 is 0. The van der Waals surface area contributed by atoms with Gasteiger partial charge in [0.15, 0.2) is 0 Å². The van der Waals surface area contributed by atoms with Gasteiger partial charge in [0.2, 0.25) is 0 Å². The predicted molar refractivity (Wildman–Crippen MR) is 115 cm³/mol. The van der Waals surface area contributed by atoms with Crippen LogP contribution in [-0.4, -0.2) is 34.3 Å². The van der Waals surface area contributed by atoms with Crippen LogP contribution in [0.4, 0.5) is 4.39 Å². The van der Waals surface area contributed by atoms with Gasteiger partial charge in [0, 0.05) is 17.2 Å². The van der Waals surface area contributed by atoms with Gasteiger partial charge in [-0.3, -0.25) is 9.59 Å². The Kier molecular flexibility index (Phi) is 6.07. The number of benzene rings is 2. The first-order valence-corrected chi connectivity index (χ1v) is 10.8. The summed E-state index contributed by atoms with van der Waals surface area (Å²) in [6.07, 6.45) is 4.51. The molecule has 1 amide bonds. The van der Waals surface area contributed by atoms with Gasteiger partial charge < -0.3 is 14.7 Å². The smallest absolute Gasteiger partial charge is 0.295 e. The van der Waals surface area contributed by atoms with E-state index in [2.05, 4.69) is 0 Å². The van der Waals surface area contributed by atoms with Gasteiger partial charge >= 0.3 is 0 Å². The third-order valence-electron chi connectivity index (χ3n) is 6.07. The van der Waals surface area contributed by atoms with E-state index in [-0.39, 0.29) is 22.9 Å². The summed E-state index contributed by atoms with van der Waals surface area (Å²) in [4.78, 5) is 27.7. The zero-order chi connectivity index (χ0) is 22.0. The van der Waals surface area contributed by atoms with Crippen LogP contribution in [-0.2, 0) is 9.59 Å². The van der Waals surface area contributed by atoms with Gasteiger partial charge in [0.25, 0.3) is 11.7 Å². The Morgan fingerprint density at radius 2 is 1.84 bits per heavy atom. The fourth-order valence-corrected chi connectivity index (χ4v) is 4.64. The first-order chi connectivity index (χ1) is 15.0. The molecule has 4 rings (SSSR count). The molecule has 1 N–H and O–H groups in total. The lowest BCUT2D eigenvalue weighted by atomic mass is 9.90. The largest absolute Gasteiger partial charge is 0.507 e. The van der Waals surface area contributed by atoms with Crippen molar-refractivity contribution in [3.05, 3.63) is 71.0 Å². The molecular weight excluding hydrogens is 397 g/mol. The van der Waals surface area contributed by atoms with Gasteiger partial charge in [0.05, 0.1) is 18.2 Å². The van der Waals surface area contributed by atoms with Gasteiger partial charge in [-0.1, -0.05) is 49.6 Å². The standard InChI is InChI=1S/C25H26FNO4/c1-2-31-18-12-8-9-16(15-18)23(28)21-22(19-13-6-7-14-20(19)26)27(25(30)24(21)29)17-10-4-3-5-11-17/h6-9,12-15,17,22,28H,2-5,10-11H2,1H3/b23-21-. The fourth-order valence-electron chi connectivity index (χ4n) is 4.64. The number of hydrogen-bond acceptors (Lipinski definition) is 4. The summed E-state index contributed by atoms with van der Waals surface area (Å²) in [7, 11) is 0. The topological polar surface area (TPSA) is 66.8 Å². The number of rotatable bonds is 5. The fraction of sp³-hybridized carbons (Fsp3) is 0.360. The summed E-state index contributed by atoms with van der Waals surface area (Å²) in [5.74, 6) is -1.74. The third-order valence-corrected chi connectivity index (χ3v) is 6.07. The molecule has 0 aromatic heterocycles. The molecule has 1 aliphatic heterocycles. The molecule has 1 heterocycles. The van der Waals surface area contributed by atoms with Gasteiger partial charge in [-0.05, 0) is 38.0 Å². The van der Waals surface area contributed by atoms with E-state index in [0.717, 1.165) is 32.1 Å². The molecule has 2 aromatic carbocycles. The third kappa shape index (κ3) is 3.94. The minimum Gasteiger partial charge on any atom is -0.507 e. The minimum atomic E-state index is -0.958. The number of aliphatic hydroxyl groups is 1. The highest BCUT2D eigenvalue weighted by Gasteiger charge is 2.49. The number of halogens is 1. The molecule has 2 fully saturated rings. The minimum absolute atomic E-state index is 0.0747. The number of likely N-dealkylation sites (tertiary alicyclic amines) is 1. The molecule has 1 saturated heterocycles. The van der Waals surface area contributed by atoms with Gasteiger partial charge in [-0.25, -0.2) is 4.39 Å². The maximum absolute atomic E-state index is 14.9. The highest BCUT2D eigenvalue weighted by molar-refractivity contribution is 6.46. The van der Waals surface area contributed by atoms with Crippen molar-refractivity contribution in [3.8, 4) is 5.75 Å². The highest BCUT2D eigenvalue weighted by atomic mass is 19.1. The van der Waals surface area contributed by atoms with Crippen LogP contribution in [0.15, 0.2) is 54.1 Å². The Balaban J connectivity index is 1.87. The first-order valence-electron chi connectivity index (χ1n) is 10.8. The molecule has 0 radical (unpaired) electrons. The molecule has 5 nitrogen and oxygen atoms in total. The van der Waals surface area contributed by atoms with Gasteiger partial charge in [-0.15, -0.1) is 0 Å². The number of carbonyl (C=O) groups excluding carboxylic acids is 2. The van der Waals surface area contributed by atoms with E-state index >= 15 is 0 Å². The SMILES string of the molecule is CCOc1cccc(/C(O)=C2/C(=O)C(=O)N(C3CCCCC3)C2c2ccccc2F)c1. The maximum atomic E-state index is 14.9. The number of ether oxygens (including phenoxy) is 1. The Bertz CT molecular complexity index is 1030. The van der Waals surface area contributed by atoms with Crippen LogP contribution in [0, 0.1) is 5.82 Å². The molecule has 1 atom stereocenters. The van der Waals surface area contributed by atoms with Gasteiger partial charge in [-0.2, -0.15) is 0 Å². The van der Waals surface area contributed by atoms with E-state index in [1.807, 2.05) is 6.92 Å². The second kappa shape index (κ2) is 8.92. The molecule has 1 saturated carbocycles. The quantitative estimate of drug-likeness (QED) is 0.419. The van der Waals surface area contributed by atoms with Crippen molar-refractivity contribution in [2.45, 2.75) is 51.1 Å². The molecular formula is C25H26FNO4. The average Bonchev–Trinajstić information content (AvgIpc) is 3.05. The Morgan fingerprint density at radius 1 is 1.10 bits per heavy atom. The lowest BCUT2D eigenvalue weighted by Gasteiger charge is -2.35. The van der Waals surface area contributed by atoms with Crippen molar-refractivity contribution in [1.82, 2.24) is 4.90 Å². The first kappa shape index (κ1) is 21.1. The second-order valence-electron chi connectivity index (χ2n) is 7.98. The van der Waals surface area contributed by atoms with Crippen LogP contribution in [0.25, 0.3) is 5.76 Å². The summed E-state index contributed by atoms with van der Waals surface area (Å²) < 4.78 is 20.4. The summed E-state index contributed by atoms with van der Waals surface area (Å²) in [6, 6.07) is 11.7. The molecule has 0 bridgehead atoms. The summed E-state index contributed by atoms with van der Waals surface area (Å²) in [5.41, 5.74) is 0.498. The van der Waals surface area contributed by atoms with Crippen molar-refractivity contribution >= 4 is 17.4 Å². The van der Waals surface area contributed by atoms with E-state index in [1.54, 1.807) is 42.5 Å². The van der Waals surface area contributed by atoms with E-state index in [9.17, 15) is 19.1 Å². The molecule has 31 heavy (non-hydrogen) atoms. The molecule has 6 heteroatoms. The average molecular weight is 423 g/mol. The second-order valence-corrected chi connectivity index (χ2v) is 7.98. The Labute approximate surface area is 181 Å². The predicted octanol–water partition coefficient (Wildman–Crippen LogP) is 4.98. The van der Waals surface area contributed by atoms with Crippen LogP contribution < -0.4 is 4.74 Å².